The number of hydrogen-bond donors (Lipinski definition) is 2. The van der Waals surface area contributed by atoms with Gasteiger partial charge in [-0.05, 0) is 25.1 Å². The maximum atomic E-state index is 12.9. The van der Waals surface area contributed by atoms with Crippen molar-refractivity contribution >= 4 is 33.5 Å². The van der Waals surface area contributed by atoms with Crippen LogP contribution in [-0.4, -0.2) is 41.7 Å². The Bertz CT molecular complexity index is 997. The van der Waals surface area contributed by atoms with E-state index in [0.29, 0.717) is 5.39 Å². The topological polar surface area (TPSA) is 102 Å². The van der Waals surface area contributed by atoms with Gasteiger partial charge in [-0.1, -0.05) is 17.7 Å². The number of aryl methyl sites for hydroxylation is 1. The van der Waals surface area contributed by atoms with Crippen LogP contribution in [0, 0.1) is 6.92 Å². The molecule has 1 aromatic carbocycles. The number of nitrogens with zero attached hydrogens (tertiary/aromatic N) is 2. The van der Waals surface area contributed by atoms with Crippen LogP contribution in [-0.2, 0) is 10.0 Å². The van der Waals surface area contributed by atoms with E-state index >= 15 is 0 Å². The third kappa shape index (κ3) is 2.56. The van der Waals surface area contributed by atoms with Gasteiger partial charge in [0.05, 0.1) is 12.0 Å². The van der Waals surface area contributed by atoms with Crippen molar-refractivity contribution < 1.29 is 23.2 Å². The number of hydrogen-bond acceptors (Lipinski definition) is 6. The Morgan fingerprint density at radius 2 is 1.83 bits per heavy atom. The van der Waals surface area contributed by atoms with Crippen molar-refractivity contribution in [2.45, 2.75) is 11.8 Å². The van der Waals surface area contributed by atoms with Gasteiger partial charge in [0.1, 0.15) is 5.52 Å². The summed E-state index contributed by atoms with van der Waals surface area (Å²) in [5.74, 6) is 0.0788. The predicted molar refractivity (Wildman–Crippen MR) is 89.9 cm³/mol. The highest BCUT2D eigenvalue weighted by Gasteiger charge is 2.25. The van der Waals surface area contributed by atoms with Crippen LogP contribution in [0.3, 0.4) is 0 Å². The van der Waals surface area contributed by atoms with Crippen molar-refractivity contribution in [1.82, 2.24) is 8.96 Å². The van der Waals surface area contributed by atoms with Gasteiger partial charge in [-0.25, -0.2) is 17.4 Å². The second-order valence-corrected chi connectivity index (χ2v) is 7.10. The quantitative estimate of drug-likeness (QED) is 0.658. The minimum absolute atomic E-state index is 0.0788. The Kier molecular flexibility index (Phi) is 4.08. The van der Waals surface area contributed by atoms with Gasteiger partial charge in [0.2, 0.25) is 5.88 Å². The lowest BCUT2D eigenvalue weighted by Gasteiger charge is -2.11. The Morgan fingerprint density at radius 3 is 2.42 bits per heavy atom. The molecular weight excluding hydrogens is 331 g/mol. The lowest BCUT2D eigenvalue weighted by molar-refractivity contribution is 0.401. The second-order valence-electron chi connectivity index (χ2n) is 5.29. The first-order chi connectivity index (χ1) is 11.4. The van der Waals surface area contributed by atoms with Crippen molar-refractivity contribution in [3.8, 4) is 5.88 Å². The molecule has 9 heteroatoms. The van der Waals surface area contributed by atoms with Gasteiger partial charge >= 0.3 is 7.12 Å². The van der Waals surface area contributed by atoms with Gasteiger partial charge in [-0.15, -0.1) is 0 Å². The summed E-state index contributed by atoms with van der Waals surface area (Å²) in [5.41, 5.74) is 1.20. The summed E-state index contributed by atoms with van der Waals surface area (Å²) in [6, 6.07) is 7.93. The zero-order valence-electron chi connectivity index (χ0n) is 13.0. The Balaban J connectivity index is 2.30. The number of fused-ring (bicyclic) bond motifs is 1. The summed E-state index contributed by atoms with van der Waals surface area (Å²) in [6.45, 7) is 1.86. The molecule has 0 saturated heterocycles. The first kappa shape index (κ1) is 16.5. The molecule has 0 aliphatic heterocycles. The van der Waals surface area contributed by atoms with Crippen LogP contribution in [0.4, 0.5) is 0 Å². The molecule has 3 aromatic rings. The summed E-state index contributed by atoms with van der Waals surface area (Å²) in [7, 11) is -4.29. The van der Waals surface area contributed by atoms with Gasteiger partial charge in [0.15, 0.2) is 0 Å². The monoisotopic (exact) mass is 346 g/mol. The number of methoxy groups -OCH3 is 1. The largest absolute Gasteiger partial charge is 0.490 e. The van der Waals surface area contributed by atoms with E-state index in [1.54, 1.807) is 12.1 Å². The number of pyridine rings is 1. The molecule has 3 rings (SSSR count). The third-order valence-corrected chi connectivity index (χ3v) is 5.43. The smallest absolute Gasteiger partial charge is 0.479 e. The molecule has 124 valence electrons. The van der Waals surface area contributed by atoms with Crippen LogP contribution in [0.25, 0.3) is 10.9 Å². The second kappa shape index (κ2) is 5.93. The van der Waals surface area contributed by atoms with Crippen LogP contribution < -0.4 is 10.2 Å². The molecule has 0 atom stereocenters. The molecule has 2 aromatic heterocycles. The molecule has 0 saturated carbocycles. The normalized spacial score (nSPS) is 11.7. The third-order valence-electron chi connectivity index (χ3n) is 3.74. The van der Waals surface area contributed by atoms with E-state index in [1.165, 1.54) is 37.7 Å². The zero-order chi connectivity index (χ0) is 17.5. The van der Waals surface area contributed by atoms with Crippen LogP contribution >= 0.6 is 0 Å². The minimum atomic E-state index is -3.88. The average molecular weight is 346 g/mol. The van der Waals surface area contributed by atoms with Gasteiger partial charge in [0, 0.05) is 23.2 Å². The molecule has 24 heavy (non-hydrogen) atoms. The fourth-order valence-electron chi connectivity index (χ4n) is 2.49. The van der Waals surface area contributed by atoms with Gasteiger partial charge < -0.3 is 14.8 Å². The molecule has 0 radical (unpaired) electrons. The van der Waals surface area contributed by atoms with E-state index in [4.69, 9.17) is 4.74 Å². The molecular formula is C15H15BN2O5S. The van der Waals surface area contributed by atoms with E-state index in [2.05, 4.69) is 4.98 Å². The van der Waals surface area contributed by atoms with Crippen LogP contribution in [0.2, 0.25) is 0 Å². The van der Waals surface area contributed by atoms with Crippen LogP contribution in [0.5, 0.6) is 5.88 Å². The Hall–Kier alpha value is -2.36. The maximum absolute atomic E-state index is 12.9. The summed E-state index contributed by atoms with van der Waals surface area (Å²) in [5, 5.41) is 19.3. The first-order valence-electron chi connectivity index (χ1n) is 7.08. The summed E-state index contributed by atoms with van der Waals surface area (Å²) >= 11 is 0. The number of benzene rings is 1. The van der Waals surface area contributed by atoms with Crippen molar-refractivity contribution in [3.05, 3.63) is 48.3 Å². The molecule has 2 N–H and O–H groups in total. The molecule has 0 bridgehead atoms. The fourth-order valence-corrected chi connectivity index (χ4v) is 3.84. The van der Waals surface area contributed by atoms with Crippen LogP contribution in [0.1, 0.15) is 5.56 Å². The number of ether oxygens (including phenoxy) is 1. The Morgan fingerprint density at radius 1 is 1.17 bits per heavy atom. The number of rotatable bonds is 4. The van der Waals surface area contributed by atoms with Crippen LogP contribution in [0.15, 0.2) is 47.6 Å². The summed E-state index contributed by atoms with van der Waals surface area (Å²) in [4.78, 5) is 4.09. The molecule has 2 heterocycles. The summed E-state index contributed by atoms with van der Waals surface area (Å²) < 4.78 is 32.0. The highest BCUT2D eigenvalue weighted by atomic mass is 32.2. The lowest BCUT2D eigenvalue weighted by Crippen LogP contribution is -2.31. The lowest BCUT2D eigenvalue weighted by atomic mass is 9.79. The molecule has 0 amide bonds. The molecule has 0 fully saturated rings. The average Bonchev–Trinajstić information content (AvgIpc) is 3.00. The Labute approximate surface area is 139 Å². The molecule has 0 aliphatic carbocycles. The van der Waals surface area contributed by atoms with E-state index in [-0.39, 0.29) is 21.8 Å². The van der Waals surface area contributed by atoms with E-state index < -0.39 is 17.1 Å². The van der Waals surface area contributed by atoms with E-state index in [1.807, 2.05) is 6.92 Å². The summed E-state index contributed by atoms with van der Waals surface area (Å²) in [6.07, 6.45) is 2.59. The first-order valence-corrected chi connectivity index (χ1v) is 8.52. The standard InChI is InChI=1S/C15H15BN2O5S/c1-10-3-5-11(6-4-10)24(21,22)18-8-7-12-13(16(19)20)9-17-15(23-2)14(12)18/h3-9,19-20H,1-2H3. The van der Waals surface area contributed by atoms with Crippen molar-refractivity contribution in [3.63, 3.8) is 0 Å². The number of aromatic nitrogens is 2. The zero-order valence-corrected chi connectivity index (χ0v) is 13.9. The van der Waals surface area contributed by atoms with Crippen molar-refractivity contribution in [1.29, 1.82) is 0 Å². The molecule has 0 aliphatic rings. The predicted octanol–water partition coefficient (Wildman–Crippen LogP) is 0.270. The minimum Gasteiger partial charge on any atom is -0.479 e. The SMILES string of the molecule is COc1ncc(B(O)O)c2ccn(S(=O)(=O)c3ccc(C)cc3)c12. The molecule has 7 nitrogen and oxygen atoms in total. The van der Waals surface area contributed by atoms with Gasteiger partial charge in [-0.3, -0.25) is 0 Å². The van der Waals surface area contributed by atoms with Gasteiger partial charge in [-0.2, -0.15) is 0 Å². The molecule has 0 unspecified atom stereocenters. The van der Waals surface area contributed by atoms with E-state index in [9.17, 15) is 18.5 Å². The fraction of sp³-hybridized carbons (Fsp3) is 0.133. The highest BCUT2D eigenvalue weighted by molar-refractivity contribution is 7.90. The van der Waals surface area contributed by atoms with Crippen molar-refractivity contribution in [2.24, 2.45) is 0 Å². The highest BCUT2D eigenvalue weighted by Crippen LogP contribution is 2.27. The molecule has 0 spiro atoms. The van der Waals surface area contributed by atoms with Gasteiger partial charge in [0.25, 0.3) is 10.0 Å². The van der Waals surface area contributed by atoms with E-state index in [0.717, 1.165) is 9.54 Å². The van der Waals surface area contributed by atoms with Crippen molar-refractivity contribution in [2.75, 3.05) is 7.11 Å². The maximum Gasteiger partial charge on any atom is 0.490 e.